The second kappa shape index (κ2) is 7.38. The summed E-state index contributed by atoms with van der Waals surface area (Å²) in [4.78, 5) is 13.3. The van der Waals surface area contributed by atoms with Crippen molar-refractivity contribution in [2.45, 2.75) is 23.9 Å². The predicted molar refractivity (Wildman–Crippen MR) is 97.3 cm³/mol. The summed E-state index contributed by atoms with van der Waals surface area (Å²) in [6, 6.07) is 9.36. The molecule has 0 bridgehead atoms. The Hall–Kier alpha value is -2.52. The normalized spacial score (nSPS) is 13.6. The van der Waals surface area contributed by atoms with Gasteiger partial charge in [0.15, 0.2) is 11.5 Å². The molecule has 3 aromatic rings. The van der Waals surface area contributed by atoms with Crippen LogP contribution in [-0.2, 0) is 11.3 Å². The van der Waals surface area contributed by atoms with Gasteiger partial charge < -0.3 is 19.2 Å². The van der Waals surface area contributed by atoms with Gasteiger partial charge in [0.25, 0.3) is 5.22 Å². The minimum Gasteiger partial charge on any atom is -0.454 e. The fourth-order valence-corrected chi connectivity index (χ4v) is 3.69. The van der Waals surface area contributed by atoms with E-state index in [2.05, 4.69) is 15.5 Å². The Morgan fingerprint density at radius 3 is 3.04 bits per heavy atom. The molecule has 0 spiro atoms. The molecule has 0 unspecified atom stereocenters. The molecular formula is C17H15N3O4S2. The molecule has 9 heteroatoms. The molecule has 2 aromatic heterocycles. The van der Waals surface area contributed by atoms with Crippen molar-refractivity contribution in [3.63, 3.8) is 0 Å². The van der Waals surface area contributed by atoms with E-state index < -0.39 is 0 Å². The largest absolute Gasteiger partial charge is 0.454 e. The van der Waals surface area contributed by atoms with Gasteiger partial charge >= 0.3 is 0 Å². The summed E-state index contributed by atoms with van der Waals surface area (Å²) in [6.45, 7) is 2.54. The first-order valence-corrected chi connectivity index (χ1v) is 9.65. The maximum Gasteiger partial charge on any atom is 0.277 e. The van der Waals surface area contributed by atoms with Crippen LogP contribution in [0.5, 0.6) is 11.5 Å². The van der Waals surface area contributed by atoms with E-state index in [1.54, 1.807) is 30.4 Å². The van der Waals surface area contributed by atoms with Crippen LogP contribution in [0.3, 0.4) is 0 Å². The quantitative estimate of drug-likeness (QED) is 0.647. The molecule has 0 aliphatic carbocycles. The van der Waals surface area contributed by atoms with Crippen LogP contribution in [0, 0.1) is 0 Å². The molecule has 1 aliphatic heterocycles. The van der Waals surface area contributed by atoms with Crippen molar-refractivity contribution in [3.05, 3.63) is 40.6 Å². The lowest BCUT2D eigenvalue weighted by Crippen LogP contribution is -2.30. The van der Waals surface area contributed by atoms with Crippen molar-refractivity contribution in [3.8, 4) is 23.0 Å². The fourth-order valence-electron chi connectivity index (χ4n) is 2.34. The second-order valence-corrected chi connectivity index (χ2v) is 7.82. The smallest absolute Gasteiger partial charge is 0.277 e. The van der Waals surface area contributed by atoms with Crippen molar-refractivity contribution in [2.24, 2.45) is 0 Å². The third-order valence-electron chi connectivity index (χ3n) is 3.69. The number of thiophene rings is 1. The maximum absolute atomic E-state index is 12.2. The predicted octanol–water partition coefficient (Wildman–Crippen LogP) is 3.32. The molecule has 134 valence electrons. The molecule has 0 fully saturated rings. The number of ether oxygens (including phenoxy) is 2. The van der Waals surface area contributed by atoms with Crippen LogP contribution in [0.4, 0.5) is 0 Å². The van der Waals surface area contributed by atoms with E-state index in [0.717, 1.165) is 10.4 Å². The number of carbonyl (C=O) groups is 1. The van der Waals surface area contributed by atoms with Gasteiger partial charge in [-0.3, -0.25) is 4.79 Å². The third-order valence-corrected chi connectivity index (χ3v) is 5.50. The fraction of sp³-hybridized carbons (Fsp3) is 0.235. The molecule has 4 rings (SSSR count). The Balaban J connectivity index is 1.37. The highest BCUT2D eigenvalue weighted by Gasteiger charge is 2.20. The van der Waals surface area contributed by atoms with Crippen molar-refractivity contribution < 1.29 is 18.7 Å². The van der Waals surface area contributed by atoms with Crippen molar-refractivity contribution in [2.75, 3.05) is 6.79 Å². The van der Waals surface area contributed by atoms with E-state index in [0.29, 0.717) is 29.2 Å². The maximum atomic E-state index is 12.2. The summed E-state index contributed by atoms with van der Waals surface area (Å²) < 4.78 is 16.3. The van der Waals surface area contributed by atoms with Gasteiger partial charge in [0.2, 0.25) is 18.6 Å². The molecule has 1 N–H and O–H groups in total. The molecule has 1 aliphatic rings. The van der Waals surface area contributed by atoms with Gasteiger partial charge in [0.1, 0.15) is 0 Å². The second-order valence-electron chi connectivity index (χ2n) is 5.50. The Morgan fingerprint density at radius 1 is 1.31 bits per heavy atom. The zero-order valence-electron chi connectivity index (χ0n) is 13.8. The molecular weight excluding hydrogens is 374 g/mol. The van der Waals surface area contributed by atoms with Gasteiger partial charge in [0.05, 0.1) is 11.8 Å². The number of fused-ring (bicyclic) bond motifs is 1. The first-order chi connectivity index (χ1) is 12.7. The lowest BCUT2D eigenvalue weighted by Gasteiger charge is -2.08. The average Bonchev–Trinajstić information content (AvgIpc) is 3.39. The SMILES string of the molecule is C[C@H](Sc1nnc(-c2ccc3c(c2)OCO3)o1)C(=O)NCc1cccs1. The van der Waals surface area contributed by atoms with E-state index in [1.165, 1.54) is 11.8 Å². The van der Waals surface area contributed by atoms with E-state index in [-0.39, 0.29) is 18.0 Å². The number of rotatable bonds is 6. The summed E-state index contributed by atoms with van der Waals surface area (Å²) in [5.74, 6) is 1.64. The summed E-state index contributed by atoms with van der Waals surface area (Å²) in [5.41, 5.74) is 0.739. The zero-order chi connectivity index (χ0) is 17.9. The van der Waals surface area contributed by atoms with E-state index in [4.69, 9.17) is 13.9 Å². The van der Waals surface area contributed by atoms with Crippen LogP contribution in [0.15, 0.2) is 45.4 Å². The first kappa shape index (κ1) is 16.9. The zero-order valence-corrected chi connectivity index (χ0v) is 15.4. The molecule has 26 heavy (non-hydrogen) atoms. The number of hydrogen-bond acceptors (Lipinski definition) is 8. The highest BCUT2D eigenvalue weighted by atomic mass is 32.2. The van der Waals surface area contributed by atoms with Crippen LogP contribution in [0.25, 0.3) is 11.5 Å². The van der Waals surface area contributed by atoms with Gasteiger partial charge in [-0.2, -0.15) is 0 Å². The number of nitrogens with zero attached hydrogens (tertiary/aromatic N) is 2. The number of aromatic nitrogens is 2. The number of benzene rings is 1. The topological polar surface area (TPSA) is 86.5 Å². The van der Waals surface area contributed by atoms with E-state index >= 15 is 0 Å². The highest BCUT2D eigenvalue weighted by Crippen LogP contribution is 2.36. The summed E-state index contributed by atoms with van der Waals surface area (Å²) in [5, 5.41) is 12.9. The van der Waals surface area contributed by atoms with Crippen LogP contribution in [0.2, 0.25) is 0 Å². The third kappa shape index (κ3) is 3.68. The van der Waals surface area contributed by atoms with E-state index in [9.17, 15) is 4.79 Å². The number of hydrogen-bond donors (Lipinski definition) is 1. The Kier molecular flexibility index (Phi) is 4.81. The number of nitrogens with one attached hydrogen (secondary N) is 1. The summed E-state index contributed by atoms with van der Waals surface area (Å²) >= 11 is 2.83. The van der Waals surface area contributed by atoms with Gasteiger partial charge in [-0.05, 0) is 36.6 Å². The standard InChI is InChI=1S/C17H15N3O4S2/c1-10(15(21)18-8-12-3-2-6-25-12)26-17-20-19-16(24-17)11-4-5-13-14(7-11)23-9-22-13/h2-7,10H,8-9H2,1H3,(H,18,21)/t10-/m0/s1. The lowest BCUT2D eigenvalue weighted by atomic mass is 10.2. The Bertz CT molecular complexity index is 911. The highest BCUT2D eigenvalue weighted by molar-refractivity contribution is 8.00. The van der Waals surface area contributed by atoms with Gasteiger partial charge in [-0.25, -0.2) is 0 Å². The van der Waals surface area contributed by atoms with Crippen LogP contribution < -0.4 is 14.8 Å². The molecule has 7 nitrogen and oxygen atoms in total. The molecule has 1 amide bonds. The Morgan fingerprint density at radius 2 is 2.19 bits per heavy atom. The molecule has 0 radical (unpaired) electrons. The Labute approximate surface area is 157 Å². The van der Waals surface area contributed by atoms with Crippen LogP contribution >= 0.6 is 23.1 Å². The monoisotopic (exact) mass is 389 g/mol. The van der Waals surface area contributed by atoms with Crippen molar-refractivity contribution in [1.82, 2.24) is 15.5 Å². The van der Waals surface area contributed by atoms with Crippen LogP contribution in [0.1, 0.15) is 11.8 Å². The molecule has 3 heterocycles. The minimum atomic E-state index is -0.347. The van der Waals surface area contributed by atoms with Crippen molar-refractivity contribution >= 4 is 29.0 Å². The molecule has 0 saturated carbocycles. The molecule has 1 atom stereocenters. The van der Waals surface area contributed by atoms with Gasteiger partial charge in [-0.15, -0.1) is 21.5 Å². The molecule has 0 saturated heterocycles. The average molecular weight is 389 g/mol. The van der Waals surface area contributed by atoms with Crippen LogP contribution in [-0.4, -0.2) is 28.1 Å². The number of amides is 1. The molecule has 1 aromatic carbocycles. The van der Waals surface area contributed by atoms with Gasteiger partial charge in [-0.1, -0.05) is 17.8 Å². The minimum absolute atomic E-state index is 0.0776. The number of thioether (sulfide) groups is 1. The first-order valence-electron chi connectivity index (χ1n) is 7.89. The van der Waals surface area contributed by atoms with E-state index in [1.807, 2.05) is 23.6 Å². The summed E-state index contributed by atoms with van der Waals surface area (Å²) in [7, 11) is 0. The van der Waals surface area contributed by atoms with Crippen molar-refractivity contribution in [1.29, 1.82) is 0 Å². The lowest BCUT2D eigenvalue weighted by molar-refractivity contribution is -0.120. The number of carbonyl (C=O) groups excluding carboxylic acids is 1. The summed E-state index contributed by atoms with van der Waals surface area (Å²) in [6.07, 6.45) is 0. The van der Waals surface area contributed by atoms with Gasteiger partial charge in [0, 0.05) is 10.4 Å².